The fourth-order valence-electron chi connectivity index (χ4n) is 0.933. The highest BCUT2D eigenvalue weighted by Gasteiger charge is 1.84. The van der Waals surface area contributed by atoms with Crippen molar-refractivity contribution in [3.8, 4) is 0 Å². The number of benzene rings is 1. The molecule has 0 aliphatic heterocycles. The standard InChI is InChI=1S/C9H12.C3H7Cl/c1-2-6-9-7-4-3-5-8-9;1-2-3-4/h3-5,7-8H,2,6H2,1H3;2-3H2,1H3. The summed E-state index contributed by atoms with van der Waals surface area (Å²) < 4.78 is 0. The maximum atomic E-state index is 5.19. The Morgan fingerprint density at radius 1 is 1.00 bits per heavy atom. The lowest BCUT2D eigenvalue weighted by Crippen LogP contribution is -1.78. The van der Waals surface area contributed by atoms with E-state index in [0.717, 1.165) is 12.3 Å². The lowest BCUT2D eigenvalue weighted by molar-refractivity contribution is 0.922. The van der Waals surface area contributed by atoms with Crippen LogP contribution in [-0.2, 0) is 6.42 Å². The predicted molar refractivity (Wildman–Crippen MR) is 61.4 cm³/mol. The number of rotatable bonds is 3. The molecule has 1 rings (SSSR count). The summed E-state index contributed by atoms with van der Waals surface area (Å²) in [5.41, 5.74) is 1.44. The van der Waals surface area contributed by atoms with Crippen LogP contribution in [0.2, 0.25) is 0 Å². The van der Waals surface area contributed by atoms with Crippen molar-refractivity contribution in [3.05, 3.63) is 35.9 Å². The summed E-state index contributed by atoms with van der Waals surface area (Å²) in [5, 5.41) is 0. The average molecular weight is 199 g/mol. The molecular formula is C12H19Cl. The van der Waals surface area contributed by atoms with E-state index in [0.29, 0.717) is 0 Å². The van der Waals surface area contributed by atoms with Crippen molar-refractivity contribution in [3.63, 3.8) is 0 Å². The van der Waals surface area contributed by atoms with Crippen LogP contribution in [-0.4, -0.2) is 5.88 Å². The summed E-state index contributed by atoms with van der Waals surface area (Å²) in [7, 11) is 0. The van der Waals surface area contributed by atoms with Gasteiger partial charge in [-0.1, -0.05) is 50.6 Å². The maximum absolute atomic E-state index is 5.19. The van der Waals surface area contributed by atoms with Crippen molar-refractivity contribution in [2.24, 2.45) is 0 Å². The molecule has 0 fully saturated rings. The van der Waals surface area contributed by atoms with E-state index in [9.17, 15) is 0 Å². The Kier molecular flexibility index (Phi) is 9.24. The van der Waals surface area contributed by atoms with Crippen LogP contribution in [0.3, 0.4) is 0 Å². The number of halogens is 1. The minimum absolute atomic E-state index is 0.792. The second kappa shape index (κ2) is 9.60. The molecule has 0 atom stereocenters. The van der Waals surface area contributed by atoms with Gasteiger partial charge in [0.05, 0.1) is 0 Å². The van der Waals surface area contributed by atoms with E-state index in [2.05, 4.69) is 37.3 Å². The molecule has 0 aliphatic carbocycles. The predicted octanol–water partition coefficient (Wildman–Crippen LogP) is 4.27. The summed E-state index contributed by atoms with van der Waals surface area (Å²) in [6.07, 6.45) is 3.53. The van der Waals surface area contributed by atoms with Gasteiger partial charge in [0.2, 0.25) is 0 Å². The third-order valence-electron chi connectivity index (χ3n) is 1.57. The zero-order chi connectivity index (χ0) is 9.94. The molecule has 1 aromatic rings. The molecular weight excluding hydrogens is 180 g/mol. The first kappa shape index (κ1) is 12.5. The molecule has 74 valence electrons. The zero-order valence-corrected chi connectivity index (χ0v) is 9.35. The van der Waals surface area contributed by atoms with Gasteiger partial charge in [-0.2, -0.15) is 0 Å². The Balaban J connectivity index is 0.000000310. The van der Waals surface area contributed by atoms with Crippen molar-refractivity contribution in [1.82, 2.24) is 0 Å². The van der Waals surface area contributed by atoms with Crippen molar-refractivity contribution >= 4 is 11.6 Å². The van der Waals surface area contributed by atoms with Gasteiger partial charge >= 0.3 is 0 Å². The topological polar surface area (TPSA) is 0 Å². The second-order valence-electron chi connectivity index (χ2n) is 2.92. The number of aryl methyl sites for hydroxylation is 1. The van der Waals surface area contributed by atoms with Crippen LogP contribution >= 0.6 is 11.6 Å². The van der Waals surface area contributed by atoms with Crippen LogP contribution in [0, 0.1) is 0 Å². The van der Waals surface area contributed by atoms with E-state index < -0.39 is 0 Å². The van der Waals surface area contributed by atoms with E-state index >= 15 is 0 Å². The first-order valence-corrected chi connectivity index (χ1v) is 5.48. The van der Waals surface area contributed by atoms with E-state index in [-0.39, 0.29) is 0 Å². The Hall–Kier alpha value is -0.490. The summed E-state index contributed by atoms with van der Waals surface area (Å²) in [5.74, 6) is 0.792. The molecule has 1 heteroatoms. The first-order valence-electron chi connectivity index (χ1n) is 4.95. The molecule has 0 saturated carbocycles. The third kappa shape index (κ3) is 7.86. The van der Waals surface area contributed by atoms with E-state index in [1.54, 1.807) is 0 Å². The quantitative estimate of drug-likeness (QED) is 0.637. The Morgan fingerprint density at radius 2 is 1.54 bits per heavy atom. The van der Waals surface area contributed by atoms with Crippen LogP contribution in [0.15, 0.2) is 30.3 Å². The van der Waals surface area contributed by atoms with Gasteiger partial charge in [0.15, 0.2) is 0 Å². The molecule has 0 unspecified atom stereocenters. The Bertz CT molecular complexity index is 180. The molecule has 0 saturated heterocycles. The zero-order valence-electron chi connectivity index (χ0n) is 8.59. The van der Waals surface area contributed by atoms with Crippen LogP contribution in [0.5, 0.6) is 0 Å². The van der Waals surface area contributed by atoms with Crippen LogP contribution < -0.4 is 0 Å². The molecule has 0 heterocycles. The smallest absolute Gasteiger partial charge is 0.0220 e. The first-order chi connectivity index (χ1) is 6.35. The lowest BCUT2D eigenvalue weighted by atomic mass is 10.1. The highest BCUT2D eigenvalue weighted by atomic mass is 35.5. The van der Waals surface area contributed by atoms with E-state index in [4.69, 9.17) is 11.6 Å². The minimum atomic E-state index is 0.792. The average Bonchev–Trinajstić information content (AvgIpc) is 2.20. The molecule has 0 amide bonds. The second-order valence-corrected chi connectivity index (χ2v) is 3.30. The number of alkyl halides is 1. The van der Waals surface area contributed by atoms with E-state index in [1.807, 2.05) is 6.92 Å². The molecule has 13 heavy (non-hydrogen) atoms. The Labute approximate surface area is 86.9 Å². The molecule has 1 aromatic carbocycles. The van der Waals surface area contributed by atoms with Gasteiger partial charge in [0.25, 0.3) is 0 Å². The minimum Gasteiger partial charge on any atom is -0.127 e. The van der Waals surface area contributed by atoms with Gasteiger partial charge < -0.3 is 0 Å². The van der Waals surface area contributed by atoms with Gasteiger partial charge in [-0.15, -0.1) is 11.6 Å². The van der Waals surface area contributed by atoms with Crippen molar-refractivity contribution in [2.45, 2.75) is 33.1 Å². The number of hydrogen-bond donors (Lipinski definition) is 0. The molecule has 0 nitrogen and oxygen atoms in total. The summed E-state index contributed by atoms with van der Waals surface area (Å²) in [6, 6.07) is 10.6. The van der Waals surface area contributed by atoms with Gasteiger partial charge in [0, 0.05) is 5.88 Å². The maximum Gasteiger partial charge on any atom is 0.0220 e. The van der Waals surface area contributed by atoms with Gasteiger partial charge in [0.1, 0.15) is 0 Å². The molecule has 0 aromatic heterocycles. The highest BCUT2D eigenvalue weighted by molar-refractivity contribution is 6.17. The normalized spacial score (nSPS) is 8.85. The fourth-order valence-corrected chi connectivity index (χ4v) is 0.933. The summed E-state index contributed by atoms with van der Waals surface area (Å²) >= 11 is 5.19. The largest absolute Gasteiger partial charge is 0.127 e. The Morgan fingerprint density at radius 3 is 1.92 bits per heavy atom. The summed E-state index contributed by atoms with van der Waals surface area (Å²) in [6.45, 7) is 4.25. The monoisotopic (exact) mass is 198 g/mol. The third-order valence-corrected chi connectivity index (χ3v) is 1.95. The van der Waals surface area contributed by atoms with E-state index in [1.165, 1.54) is 18.4 Å². The highest BCUT2D eigenvalue weighted by Crippen LogP contribution is 2.00. The lowest BCUT2D eigenvalue weighted by Gasteiger charge is -1.93. The fraction of sp³-hybridized carbons (Fsp3) is 0.500. The van der Waals surface area contributed by atoms with Gasteiger partial charge in [-0.3, -0.25) is 0 Å². The van der Waals surface area contributed by atoms with Gasteiger partial charge in [-0.25, -0.2) is 0 Å². The van der Waals surface area contributed by atoms with Crippen LogP contribution in [0.4, 0.5) is 0 Å². The summed E-state index contributed by atoms with van der Waals surface area (Å²) in [4.78, 5) is 0. The molecule has 0 radical (unpaired) electrons. The van der Waals surface area contributed by atoms with Crippen molar-refractivity contribution in [2.75, 3.05) is 5.88 Å². The SMILES string of the molecule is CCCCl.CCCc1ccccc1. The van der Waals surface area contributed by atoms with Crippen LogP contribution in [0.25, 0.3) is 0 Å². The molecule has 0 bridgehead atoms. The molecule has 0 aliphatic rings. The van der Waals surface area contributed by atoms with Gasteiger partial charge in [-0.05, 0) is 18.4 Å². The molecule has 0 N–H and O–H groups in total. The number of hydrogen-bond acceptors (Lipinski definition) is 0. The van der Waals surface area contributed by atoms with Crippen molar-refractivity contribution < 1.29 is 0 Å². The molecule has 0 spiro atoms. The van der Waals surface area contributed by atoms with Crippen molar-refractivity contribution in [1.29, 1.82) is 0 Å². The van der Waals surface area contributed by atoms with Crippen LogP contribution in [0.1, 0.15) is 32.3 Å².